The number of ether oxygens (including phenoxy) is 2. The Bertz CT molecular complexity index is 403. The van der Waals surface area contributed by atoms with Crippen LogP contribution in [0.5, 0.6) is 11.5 Å². The number of likely N-dealkylation sites (tertiary alicyclic amines) is 1. The van der Waals surface area contributed by atoms with Crippen LogP contribution in [0, 0.1) is 0 Å². The van der Waals surface area contributed by atoms with E-state index >= 15 is 0 Å². The zero-order valence-corrected chi connectivity index (χ0v) is 11.8. The summed E-state index contributed by atoms with van der Waals surface area (Å²) in [5.74, 6) is 1.63. The lowest BCUT2D eigenvalue weighted by atomic mass is 10.0. The number of nitrogens with zero attached hydrogens (tertiary/aromatic N) is 1. The average Bonchev–Trinajstić information content (AvgIpc) is 2.87. The lowest BCUT2D eigenvalue weighted by molar-refractivity contribution is 0.205. The summed E-state index contributed by atoms with van der Waals surface area (Å²) in [5, 5.41) is 0. The summed E-state index contributed by atoms with van der Waals surface area (Å²) >= 11 is 0. The van der Waals surface area contributed by atoms with Gasteiger partial charge in [0, 0.05) is 12.1 Å². The van der Waals surface area contributed by atoms with Crippen molar-refractivity contribution < 1.29 is 9.47 Å². The van der Waals surface area contributed by atoms with Gasteiger partial charge in [0.2, 0.25) is 0 Å². The van der Waals surface area contributed by atoms with Gasteiger partial charge in [-0.1, -0.05) is 6.07 Å². The molecule has 1 heterocycles. The molecule has 1 saturated heterocycles. The van der Waals surface area contributed by atoms with Gasteiger partial charge < -0.3 is 9.47 Å². The highest BCUT2D eigenvalue weighted by molar-refractivity contribution is 5.44. The molecule has 18 heavy (non-hydrogen) atoms. The molecule has 1 aromatic carbocycles. The van der Waals surface area contributed by atoms with Gasteiger partial charge in [-0.15, -0.1) is 0 Å². The predicted molar refractivity (Wildman–Crippen MR) is 73.4 cm³/mol. The lowest BCUT2D eigenvalue weighted by Gasteiger charge is -2.29. The summed E-state index contributed by atoms with van der Waals surface area (Å²) in [7, 11) is 3.37. The summed E-state index contributed by atoms with van der Waals surface area (Å²) in [6.07, 6.45) is 2.50. The average molecular weight is 249 g/mol. The third-order valence-electron chi connectivity index (χ3n) is 3.75. The van der Waals surface area contributed by atoms with Gasteiger partial charge in [0.25, 0.3) is 0 Å². The van der Waals surface area contributed by atoms with Crippen LogP contribution in [0.2, 0.25) is 0 Å². The Morgan fingerprint density at radius 3 is 2.50 bits per heavy atom. The van der Waals surface area contributed by atoms with Crippen LogP contribution >= 0.6 is 0 Å². The van der Waals surface area contributed by atoms with Crippen molar-refractivity contribution in [1.29, 1.82) is 0 Å². The Hall–Kier alpha value is -1.22. The van der Waals surface area contributed by atoms with Gasteiger partial charge in [0.15, 0.2) is 11.5 Å². The topological polar surface area (TPSA) is 21.7 Å². The summed E-state index contributed by atoms with van der Waals surface area (Å²) in [6.45, 7) is 5.72. The molecule has 100 valence electrons. The lowest BCUT2D eigenvalue weighted by Crippen LogP contribution is -2.30. The van der Waals surface area contributed by atoms with Gasteiger partial charge in [-0.25, -0.2) is 0 Å². The first kappa shape index (κ1) is 13.2. The first-order chi connectivity index (χ1) is 8.67. The van der Waals surface area contributed by atoms with Crippen LogP contribution in [0.1, 0.15) is 38.3 Å². The van der Waals surface area contributed by atoms with E-state index in [9.17, 15) is 0 Å². The van der Waals surface area contributed by atoms with Gasteiger partial charge in [-0.05, 0) is 50.9 Å². The Morgan fingerprint density at radius 1 is 1.17 bits per heavy atom. The monoisotopic (exact) mass is 249 g/mol. The van der Waals surface area contributed by atoms with Crippen molar-refractivity contribution in [2.45, 2.75) is 38.8 Å². The Kier molecular flexibility index (Phi) is 4.12. The Morgan fingerprint density at radius 2 is 1.89 bits per heavy atom. The maximum Gasteiger partial charge on any atom is 0.161 e. The predicted octanol–water partition coefficient (Wildman–Crippen LogP) is 3.25. The Labute approximate surface area is 110 Å². The van der Waals surface area contributed by atoms with Crippen molar-refractivity contribution >= 4 is 0 Å². The molecule has 1 aliphatic heterocycles. The molecule has 0 aromatic heterocycles. The van der Waals surface area contributed by atoms with Crippen LogP contribution in [0.15, 0.2) is 18.2 Å². The maximum atomic E-state index is 5.39. The minimum atomic E-state index is 0.518. The molecule has 0 radical (unpaired) electrons. The molecule has 0 N–H and O–H groups in total. The molecule has 0 amide bonds. The number of methoxy groups -OCH3 is 2. The number of rotatable bonds is 4. The van der Waals surface area contributed by atoms with E-state index in [4.69, 9.17) is 9.47 Å². The van der Waals surface area contributed by atoms with Gasteiger partial charge in [0.1, 0.15) is 0 Å². The van der Waals surface area contributed by atoms with Crippen LogP contribution in [-0.2, 0) is 0 Å². The van der Waals surface area contributed by atoms with Gasteiger partial charge in [-0.3, -0.25) is 4.90 Å². The second-order valence-electron chi connectivity index (χ2n) is 5.10. The molecule has 1 fully saturated rings. The molecule has 0 saturated carbocycles. The molecule has 1 aliphatic rings. The van der Waals surface area contributed by atoms with E-state index in [0.29, 0.717) is 12.1 Å². The molecule has 1 unspecified atom stereocenters. The van der Waals surface area contributed by atoms with Crippen LogP contribution in [0.25, 0.3) is 0 Å². The van der Waals surface area contributed by atoms with E-state index in [1.54, 1.807) is 14.2 Å². The third-order valence-corrected chi connectivity index (χ3v) is 3.75. The molecule has 2 rings (SSSR count). The second kappa shape index (κ2) is 5.61. The standard InChI is InChI=1S/C15H23NO2/c1-11(2)16-9-5-6-13(16)12-7-8-14(17-3)15(10-12)18-4/h7-8,10-11,13H,5-6,9H2,1-4H3. The molecule has 3 heteroatoms. The van der Waals surface area contributed by atoms with E-state index in [1.165, 1.54) is 24.9 Å². The van der Waals surface area contributed by atoms with Crippen LogP contribution in [0.3, 0.4) is 0 Å². The highest BCUT2D eigenvalue weighted by Gasteiger charge is 2.28. The molecule has 1 aromatic rings. The van der Waals surface area contributed by atoms with Crippen LogP contribution in [0.4, 0.5) is 0 Å². The zero-order valence-electron chi connectivity index (χ0n) is 11.8. The van der Waals surface area contributed by atoms with Crippen molar-refractivity contribution in [3.63, 3.8) is 0 Å². The molecule has 0 aliphatic carbocycles. The quantitative estimate of drug-likeness (QED) is 0.817. The van der Waals surface area contributed by atoms with E-state index in [2.05, 4.69) is 30.9 Å². The van der Waals surface area contributed by atoms with Crippen molar-refractivity contribution in [1.82, 2.24) is 4.90 Å². The molecular formula is C15H23NO2. The van der Waals surface area contributed by atoms with Crippen LogP contribution in [-0.4, -0.2) is 31.7 Å². The largest absolute Gasteiger partial charge is 0.493 e. The first-order valence-corrected chi connectivity index (χ1v) is 6.65. The third kappa shape index (κ3) is 2.46. The van der Waals surface area contributed by atoms with Gasteiger partial charge >= 0.3 is 0 Å². The van der Waals surface area contributed by atoms with Crippen molar-refractivity contribution in [2.24, 2.45) is 0 Å². The fourth-order valence-electron chi connectivity index (χ4n) is 2.83. The molecule has 0 bridgehead atoms. The minimum absolute atomic E-state index is 0.518. The van der Waals surface area contributed by atoms with Crippen molar-refractivity contribution in [3.05, 3.63) is 23.8 Å². The second-order valence-corrected chi connectivity index (χ2v) is 5.10. The minimum Gasteiger partial charge on any atom is -0.493 e. The number of hydrogen-bond acceptors (Lipinski definition) is 3. The van der Waals surface area contributed by atoms with E-state index < -0.39 is 0 Å². The number of benzene rings is 1. The number of hydrogen-bond donors (Lipinski definition) is 0. The Balaban J connectivity index is 2.27. The normalized spacial score (nSPS) is 20.4. The van der Waals surface area contributed by atoms with Gasteiger partial charge in [0.05, 0.1) is 14.2 Å². The summed E-state index contributed by atoms with van der Waals surface area (Å²) in [6, 6.07) is 7.39. The van der Waals surface area contributed by atoms with Gasteiger partial charge in [-0.2, -0.15) is 0 Å². The van der Waals surface area contributed by atoms with Crippen LogP contribution < -0.4 is 9.47 Å². The SMILES string of the molecule is COc1ccc(C2CCCN2C(C)C)cc1OC. The summed E-state index contributed by atoms with van der Waals surface area (Å²) in [4.78, 5) is 2.56. The smallest absolute Gasteiger partial charge is 0.161 e. The van der Waals surface area contributed by atoms with Crippen molar-refractivity contribution in [2.75, 3.05) is 20.8 Å². The first-order valence-electron chi connectivity index (χ1n) is 6.65. The fourth-order valence-corrected chi connectivity index (χ4v) is 2.83. The van der Waals surface area contributed by atoms with Crippen molar-refractivity contribution in [3.8, 4) is 11.5 Å². The highest BCUT2D eigenvalue weighted by Crippen LogP contribution is 2.37. The molecule has 1 atom stereocenters. The maximum absolute atomic E-state index is 5.39. The summed E-state index contributed by atoms with van der Waals surface area (Å²) < 4.78 is 10.7. The highest BCUT2D eigenvalue weighted by atomic mass is 16.5. The molecule has 0 spiro atoms. The van der Waals surface area contributed by atoms with E-state index in [0.717, 1.165) is 11.5 Å². The molecule has 3 nitrogen and oxygen atoms in total. The summed E-state index contributed by atoms with van der Waals surface area (Å²) in [5.41, 5.74) is 1.33. The zero-order chi connectivity index (χ0) is 13.1. The fraction of sp³-hybridized carbons (Fsp3) is 0.600. The molecular weight excluding hydrogens is 226 g/mol. The van der Waals surface area contributed by atoms with E-state index in [1.807, 2.05) is 6.07 Å². The van der Waals surface area contributed by atoms with E-state index in [-0.39, 0.29) is 0 Å².